The summed E-state index contributed by atoms with van der Waals surface area (Å²) >= 11 is 0. The summed E-state index contributed by atoms with van der Waals surface area (Å²) in [5, 5.41) is 12.0. The number of hydrogen-bond donors (Lipinski definition) is 2. The van der Waals surface area contributed by atoms with E-state index in [1.807, 2.05) is 30.3 Å². The zero-order valence-corrected chi connectivity index (χ0v) is 15.0. The van der Waals surface area contributed by atoms with Crippen LogP contribution >= 0.6 is 0 Å². The molecule has 0 spiro atoms. The van der Waals surface area contributed by atoms with Crippen molar-refractivity contribution in [1.29, 1.82) is 0 Å². The van der Waals surface area contributed by atoms with E-state index < -0.39 is 17.9 Å². The third-order valence-electron chi connectivity index (χ3n) is 4.46. The van der Waals surface area contributed by atoms with E-state index >= 15 is 0 Å². The van der Waals surface area contributed by atoms with E-state index in [0.717, 1.165) is 25.0 Å². The summed E-state index contributed by atoms with van der Waals surface area (Å²) in [6.45, 7) is 1.27. The molecule has 1 heterocycles. The first-order chi connectivity index (χ1) is 13.1. The summed E-state index contributed by atoms with van der Waals surface area (Å²) < 4.78 is 11.2. The van der Waals surface area contributed by atoms with Gasteiger partial charge in [0.1, 0.15) is 18.4 Å². The van der Waals surface area contributed by atoms with E-state index in [9.17, 15) is 14.7 Å². The van der Waals surface area contributed by atoms with Crippen LogP contribution in [0.3, 0.4) is 0 Å². The minimum Gasteiger partial charge on any atom is -0.491 e. The molecule has 2 aromatic rings. The number of nitrogens with one attached hydrogen (secondary N) is 1. The summed E-state index contributed by atoms with van der Waals surface area (Å²) in [6.07, 6.45) is 2.41. The lowest BCUT2D eigenvalue weighted by atomic mass is 10.1. The number of carbonyl (C=O) groups excluding carboxylic acids is 1. The number of hydrogen-bond acceptors (Lipinski definition) is 4. The topological polar surface area (TPSA) is 84.9 Å². The van der Waals surface area contributed by atoms with Crippen LogP contribution in [0.1, 0.15) is 28.8 Å². The quantitative estimate of drug-likeness (QED) is 0.747. The molecule has 27 heavy (non-hydrogen) atoms. The molecule has 0 aliphatic carbocycles. The maximum absolute atomic E-state index is 12.4. The fourth-order valence-corrected chi connectivity index (χ4v) is 2.96. The van der Waals surface area contributed by atoms with Crippen LogP contribution in [-0.2, 0) is 16.0 Å². The Morgan fingerprint density at radius 2 is 1.89 bits per heavy atom. The lowest BCUT2D eigenvalue weighted by Gasteiger charge is -2.15. The molecule has 1 amide bonds. The molecule has 2 atom stereocenters. The molecule has 0 radical (unpaired) electrons. The first-order valence-corrected chi connectivity index (χ1v) is 9.04. The van der Waals surface area contributed by atoms with Crippen molar-refractivity contribution in [2.75, 3.05) is 13.2 Å². The minimum atomic E-state index is -1.07. The fourth-order valence-electron chi connectivity index (χ4n) is 2.96. The number of amides is 1. The van der Waals surface area contributed by atoms with E-state index in [1.54, 1.807) is 24.3 Å². The number of carboxylic acid groups (broad SMARTS) is 1. The maximum atomic E-state index is 12.4. The van der Waals surface area contributed by atoms with E-state index in [-0.39, 0.29) is 12.5 Å². The van der Waals surface area contributed by atoms with Crippen LogP contribution in [0.2, 0.25) is 0 Å². The predicted octanol–water partition coefficient (Wildman–Crippen LogP) is 2.67. The van der Waals surface area contributed by atoms with Crippen molar-refractivity contribution in [3.05, 3.63) is 65.7 Å². The molecular weight excluding hydrogens is 346 g/mol. The van der Waals surface area contributed by atoms with Gasteiger partial charge in [-0.3, -0.25) is 4.79 Å². The van der Waals surface area contributed by atoms with Crippen molar-refractivity contribution in [2.24, 2.45) is 0 Å². The highest BCUT2D eigenvalue weighted by atomic mass is 16.5. The molecule has 1 fully saturated rings. The zero-order chi connectivity index (χ0) is 19.1. The van der Waals surface area contributed by atoms with E-state index in [4.69, 9.17) is 9.47 Å². The number of carbonyl (C=O) groups is 2. The number of rotatable bonds is 8. The van der Waals surface area contributed by atoms with E-state index in [1.165, 1.54) is 0 Å². The molecule has 0 aromatic heterocycles. The van der Waals surface area contributed by atoms with Crippen LogP contribution in [0.15, 0.2) is 54.6 Å². The minimum absolute atomic E-state index is 0.127. The maximum Gasteiger partial charge on any atom is 0.326 e. The molecule has 1 unspecified atom stereocenters. The normalized spacial score (nSPS) is 17.3. The van der Waals surface area contributed by atoms with Gasteiger partial charge >= 0.3 is 5.97 Å². The molecule has 3 rings (SSSR count). The highest BCUT2D eigenvalue weighted by Crippen LogP contribution is 2.17. The van der Waals surface area contributed by atoms with Gasteiger partial charge in [-0.15, -0.1) is 0 Å². The van der Waals surface area contributed by atoms with Crippen LogP contribution in [0.4, 0.5) is 0 Å². The third kappa shape index (κ3) is 5.56. The number of ether oxygens (including phenoxy) is 2. The van der Waals surface area contributed by atoms with Crippen LogP contribution in [0.25, 0.3) is 0 Å². The second kappa shape index (κ2) is 9.19. The van der Waals surface area contributed by atoms with Gasteiger partial charge in [-0.05, 0) is 42.7 Å². The average Bonchev–Trinajstić information content (AvgIpc) is 3.20. The largest absolute Gasteiger partial charge is 0.491 e. The number of aliphatic carboxylic acids is 1. The van der Waals surface area contributed by atoms with Crippen molar-refractivity contribution in [3.8, 4) is 5.75 Å². The Kier molecular flexibility index (Phi) is 6.44. The second-order valence-corrected chi connectivity index (χ2v) is 6.52. The smallest absolute Gasteiger partial charge is 0.326 e. The molecule has 1 saturated heterocycles. The molecule has 2 N–H and O–H groups in total. The van der Waals surface area contributed by atoms with Gasteiger partial charge in [0.05, 0.1) is 6.10 Å². The Morgan fingerprint density at radius 3 is 2.52 bits per heavy atom. The van der Waals surface area contributed by atoms with Crippen LogP contribution < -0.4 is 10.1 Å². The molecule has 1 aliphatic rings. The summed E-state index contributed by atoms with van der Waals surface area (Å²) in [4.78, 5) is 23.9. The van der Waals surface area contributed by atoms with Crippen molar-refractivity contribution in [1.82, 2.24) is 5.32 Å². The highest BCUT2D eigenvalue weighted by molar-refractivity contribution is 5.96. The second-order valence-electron chi connectivity index (χ2n) is 6.52. The number of carboxylic acids is 1. The molecular formula is C21H23NO5. The molecule has 1 aliphatic heterocycles. The van der Waals surface area contributed by atoms with Gasteiger partial charge in [-0.2, -0.15) is 0 Å². The third-order valence-corrected chi connectivity index (χ3v) is 4.46. The fraction of sp³-hybridized carbons (Fsp3) is 0.333. The molecule has 2 aromatic carbocycles. The first kappa shape index (κ1) is 18.9. The Hall–Kier alpha value is -2.86. The van der Waals surface area contributed by atoms with Gasteiger partial charge in [0.25, 0.3) is 5.91 Å². The van der Waals surface area contributed by atoms with Crippen LogP contribution in [0, 0.1) is 0 Å². The van der Waals surface area contributed by atoms with Gasteiger partial charge in [0.2, 0.25) is 0 Å². The Morgan fingerprint density at radius 1 is 1.15 bits per heavy atom. The lowest BCUT2D eigenvalue weighted by molar-refractivity contribution is -0.139. The van der Waals surface area contributed by atoms with Gasteiger partial charge in [-0.25, -0.2) is 4.79 Å². The Balaban J connectivity index is 1.56. The van der Waals surface area contributed by atoms with Crippen LogP contribution in [-0.4, -0.2) is 42.3 Å². The molecule has 6 nitrogen and oxygen atoms in total. The van der Waals surface area contributed by atoms with Gasteiger partial charge in [0.15, 0.2) is 0 Å². The van der Waals surface area contributed by atoms with Crippen molar-refractivity contribution in [2.45, 2.75) is 31.4 Å². The van der Waals surface area contributed by atoms with E-state index in [0.29, 0.717) is 17.9 Å². The van der Waals surface area contributed by atoms with Crippen molar-refractivity contribution < 1.29 is 24.2 Å². The molecule has 6 heteroatoms. The number of benzene rings is 2. The predicted molar refractivity (Wildman–Crippen MR) is 99.9 cm³/mol. The van der Waals surface area contributed by atoms with Crippen molar-refractivity contribution in [3.63, 3.8) is 0 Å². The monoisotopic (exact) mass is 369 g/mol. The lowest BCUT2D eigenvalue weighted by Crippen LogP contribution is -2.42. The summed E-state index contributed by atoms with van der Waals surface area (Å²) in [6, 6.07) is 14.9. The standard InChI is InChI=1S/C21H23NO5/c23-20(22-19(21(24)25)13-15-5-2-1-3-6-15)16-8-10-17(11-9-16)27-14-18-7-4-12-26-18/h1-3,5-6,8-11,18-19H,4,7,12-14H2,(H,22,23)(H,24,25)/t18?,19-/m1/s1. The van der Waals surface area contributed by atoms with Gasteiger partial charge < -0.3 is 19.9 Å². The Labute approximate surface area is 158 Å². The first-order valence-electron chi connectivity index (χ1n) is 9.04. The van der Waals surface area contributed by atoms with Crippen molar-refractivity contribution >= 4 is 11.9 Å². The Bertz CT molecular complexity index is 754. The SMILES string of the molecule is O=C(N[C@H](Cc1ccccc1)C(=O)O)c1ccc(OCC2CCCO2)cc1. The average molecular weight is 369 g/mol. The van der Waals surface area contributed by atoms with Crippen LogP contribution in [0.5, 0.6) is 5.75 Å². The zero-order valence-electron chi connectivity index (χ0n) is 15.0. The summed E-state index contributed by atoms with van der Waals surface area (Å²) in [5.74, 6) is -0.839. The summed E-state index contributed by atoms with van der Waals surface area (Å²) in [7, 11) is 0. The van der Waals surface area contributed by atoms with Gasteiger partial charge in [-0.1, -0.05) is 30.3 Å². The van der Waals surface area contributed by atoms with Gasteiger partial charge in [0, 0.05) is 18.6 Å². The molecule has 0 bridgehead atoms. The highest BCUT2D eigenvalue weighted by Gasteiger charge is 2.21. The molecule has 142 valence electrons. The summed E-state index contributed by atoms with van der Waals surface area (Å²) in [5.41, 5.74) is 1.24. The molecule has 0 saturated carbocycles. The van der Waals surface area contributed by atoms with E-state index in [2.05, 4.69) is 5.32 Å².